The number of hydrogen-bond donors (Lipinski definition) is 1. The van der Waals surface area contributed by atoms with E-state index in [9.17, 15) is 13.5 Å². The topological polar surface area (TPSA) is 57.6 Å². The Morgan fingerprint density at radius 1 is 1.56 bits per heavy atom. The summed E-state index contributed by atoms with van der Waals surface area (Å²) in [7, 11) is -3.31. The Labute approximate surface area is 99.5 Å². The SMILES string of the molecule is CS(=O)(=O)N1CC(CO)c2c(Cl)cccc21. The standard InChI is InChI=1S/C10H12ClNO3S/c1-16(14,15)12-5-7(6-13)10-8(11)3-2-4-9(10)12/h2-4,7,13H,5-6H2,1H3. The molecule has 0 saturated heterocycles. The van der Waals surface area contributed by atoms with Crippen LogP contribution in [-0.2, 0) is 10.0 Å². The molecule has 6 heteroatoms. The molecule has 1 N–H and O–H groups in total. The van der Waals surface area contributed by atoms with E-state index in [0.29, 0.717) is 10.7 Å². The summed E-state index contributed by atoms with van der Waals surface area (Å²) in [6.45, 7) is 0.150. The number of sulfonamides is 1. The molecule has 1 aliphatic heterocycles. The van der Waals surface area contributed by atoms with Crippen molar-refractivity contribution in [1.82, 2.24) is 0 Å². The first-order valence-electron chi connectivity index (χ1n) is 4.82. The van der Waals surface area contributed by atoms with Gasteiger partial charge in [-0.2, -0.15) is 0 Å². The normalized spacial score (nSPS) is 19.9. The summed E-state index contributed by atoms with van der Waals surface area (Å²) in [5.74, 6) is -0.238. The van der Waals surface area contributed by atoms with Gasteiger partial charge in [0.15, 0.2) is 0 Å². The molecule has 1 heterocycles. The summed E-state index contributed by atoms with van der Waals surface area (Å²) in [6.07, 6.45) is 1.15. The van der Waals surface area contributed by atoms with Crippen LogP contribution in [0.15, 0.2) is 18.2 Å². The first-order chi connectivity index (χ1) is 7.45. The lowest BCUT2D eigenvalue weighted by atomic mass is 10.0. The van der Waals surface area contributed by atoms with E-state index in [4.69, 9.17) is 11.6 Å². The van der Waals surface area contributed by atoms with E-state index in [-0.39, 0.29) is 19.1 Å². The van der Waals surface area contributed by atoms with Crippen molar-refractivity contribution in [3.05, 3.63) is 28.8 Å². The molecule has 0 fully saturated rings. The van der Waals surface area contributed by atoms with Crippen LogP contribution < -0.4 is 4.31 Å². The van der Waals surface area contributed by atoms with Crippen molar-refractivity contribution in [1.29, 1.82) is 0 Å². The number of fused-ring (bicyclic) bond motifs is 1. The highest BCUT2D eigenvalue weighted by molar-refractivity contribution is 7.92. The number of halogens is 1. The van der Waals surface area contributed by atoms with Gasteiger partial charge in [-0.25, -0.2) is 8.42 Å². The lowest BCUT2D eigenvalue weighted by Gasteiger charge is -2.16. The van der Waals surface area contributed by atoms with Gasteiger partial charge in [0.25, 0.3) is 0 Å². The van der Waals surface area contributed by atoms with E-state index in [1.54, 1.807) is 18.2 Å². The molecule has 0 aliphatic carbocycles. The van der Waals surface area contributed by atoms with Crippen molar-refractivity contribution in [3.63, 3.8) is 0 Å². The Hall–Kier alpha value is -0.780. The van der Waals surface area contributed by atoms with Gasteiger partial charge in [0.05, 0.1) is 18.6 Å². The van der Waals surface area contributed by atoms with Crippen molar-refractivity contribution in [2.45, 2.75) is 5.92 Å². The molecule has 1 aliphatic rings. The lowest BCUT2D eigenvalue weighted by Crippen LogP contribution is -2.29. The largest absolute Gasteiger partial charge is 0.396 e. The smallest absolute Gasteiger partial charge is 0.232 e. The monoisotopic (exact) mass is 261 g/mol. The maximum absolute atomic E-state index is 11.6. The Kier molecular flexibility index (Phi) is 2.86. The molecule has 16 heavy (non-hydrogen) atoms. The molecule has 4 nitrogen and oxygen atoms in total. The minimum absolute atomic E-state index is 0.108. The van der Waals surface area contributed by atoms with Gasteiger partial charge in [0.2, 0.25) is 10.0 Å². The van der Waals surface area contributed by atoms with Gasteiger partial charge < -0.3 is 5.11 Å². The summed E-state index contributed by atoms with van der Waals surface area (Å²) in [5, 5.41) is 9.74. The maximum Gasteiger partial charge on any atom is 0.232 e. The average Bonchev–Trinajstić information content (AvgIpc) is 2.57. The van der Waals surface area contributed by atoms with Crippen LogP contribution in [0.5, 0.6) is 0 Å². The van der Waals surface area contributed by atoms with Crippen molar-refractivity contribution in [2.24, 2.45) is 0 Å². The molecule has 2 rings (SSSR count). The van der Waals surface area contributed by atoms with Crippen molar-refractivity contribution in [3.8, 4) is 0 Å². The van der Waals surface area contributed by atoms with Crippen LogP contribution in [0.2, 0.25) is 5.02 Å². The second-order valence-electron chi connectivity index (χ2n) is 3.85. The molecule has 88 valence electrons. The van der Waals surface area contributed by atoms with Gasteiger partial charge in [0.1, 0.15) is 0 Å². The summed E-state index contributed by atoms with van der Waals surface area (Å²) in [4.78, 5) is 0. The van der Waals surface area contributed by atoms with Crippen LogP contribution in [0.25, 0.3) is 0 Å². The first-order valence-corrected chi connectivity index (χ1v) is 7.04. The second-order valence-corrected chi connectivity index (χ2v) is 6.16. The Bertz CT molecular complexity index is 515. The number of rotatable bonds is 2. The minimum Gasteiger partial charge on any atom is -0.396 e. The zero-order valence-corrected chi connectivity index (χ0v) is 10.3. The highest BCUT2D eigenvalue weighted by Gasteiger charge is 2.34. The number of nitrogens with zero attached hydrogens (tertiary/aromatic N) is 1. The van der Waals surface area contributed by atoms with Crippen molar-refractivity contribution < 1.29 is 13.5 Å². The number of anilines is 1. The molecule has 0 bridgehead atoms. The van der Waals surface area contributed by atoms with Gasteiger partial charge in [-0.05, 0) is 12.1 Å². The van der Waals surface area contributed by atoms with E-state index in [1.807, 2.05) is 0 Å². The van der Waals surface area contributed by atoms with Crippen molar-refractivity contribution >= 4 is 27.3 Å². The molecular weight excluding hydrogens is 250 g/mol. The molecule has 0 amide bonds. The molecule has 1 aromatic carbocycles. The summed E-state index contributed by atoms with van der Waals surface area (Å²) in [6, 6.07) is 5.12. The lowest BCUT2D eigenvalue weighted by molar-refractivity contribution is 0.272. The zero-order valence-electron chi connectivity index (χ0n) is 8.72. The van der Waals surface area contributed by atoms with Crippen LogP contribution in [0.4, 0.5) is 5.69 Å². The predicted molar refractivity (Wildman–Crippen MR) is 63.5 cm³/mol. The fraction of sp³-hybridized carbons (Fsp3) is 0.400. The van der Waals surface area contributed by atoms with E-state index < -0.39 is 10.0 Å². The van der Waals surface area contributed by atoms with E-state index in [2.05, 4.69) is 0 Å². The Balaban J connectivity index is 2.59. The maximum atomic E-state index is 11.6. The van der Waals surface area contributed by atoms with Crippen LogP contribution in [0.3, 0.4) is 0 Å². The molecule has 0 saturated carbocycles. The Morgan fingerprint density at radius 2 is 2.25 bits per heavy atom. The van der Waals surface area contributed by atoms with Crippen LogP contribution in [0, 0.1) is 0 Å². The quantitative estimate of drug-likeness (QED) is 0.870. The highest BCUT2D eigenvalue weighted by Crippen LogP contribution is 2.41. The molecular formula is C10H12ClNO3S. The van der Waals surface area contributed by atoms with Gasteiger partial charge in [-0.3, -0.25) is 4.31 Å². The summed E-state index contributed by atoms with van der Waals surface area (Å²) >= 11 is 6.03. The number of benzene rings is 1. The Morgan fingerprint density at radius 3 is 2.81 bits per heavy atom. The van der Waals surface area contributed by atoms with E-state index in [1.165, 1.54) is 4.31 Å². The predicted octanol–water partition coefficient (Wildman–Crippen LogP) is 1.20. The zero-order chi connectivity index (χ0) is 11.9. The third-order valence-electron chi connectivity index (χ3n) is 2.71. The number of hydrogen-bond acceptors (Lipinski definition) is 3. The van der Waals surface area contributed by atoms with Gasteiger partial charge in [0, 0.05) is 23.0 Å². The fourth-order valence-corrected chi connectivity index (χ4v) is 3.29. The third kappa shape index (κ3) is 1.79. The molecule has 0 spiro atoms. The average molecular weight is 262 g/mol. The highest BCUT2D eigenvalue weighted by atomic mass is 35.5. The van der Waals surface area contributed by atoms with Gasteiger partial charge >= 0.3 is 0 Å². The number of aliphatic hydroxyl groups is 1. The molecule has 0 aromatic heterocycles. The van der Waals surface area contributed by atoms with E-state index >= 15 is 0 Å². The second kappa shape index (κ2) is 3.91. The van der Waals surface area contributed by atoms with Crippen molar-refractivity contribution in [2.75, 3.05) is 23.7 Å². The first kappa shape index (κ1) is 11.7. The van der Waals surface area contributed by atoms with Gasteiger partial charge in [-0.1, -0.05) is 17.7 Å². The molecule has 1 unspecified atom stereocenters. The van der Waals surface area contributed by atoms with Crippen LogP contribution >= 0.6 is 11.6 Å². The summed E-state index contributed by atoms with van der Waals surface area (Å²) < 4.78 is 24.4. The van der Waals surface area contributed by atoms with Gasteiger partial charge in [-0.15, -0.1) is 0 Å². The fourth-order valence-electron chi connectivity index (χ4n) is 2.00. The van der Waals surface area contributed by atoms with E-state index in [0.717, 1.165) is 11.8 Å². The molecule has 1 atom stereocenters. The third-order valence-corrected chi connectivity index (χ3v) is 4.19. The van der Waals surface area contributed by atoms with Crippen LogP contribution in [0.1, 0.15) is 11.5 Å². The molecule has 1 aromatic rings. The minimum atomic E-state index is -3.31. The number of aliphatic hydroxyl groups excluding tert-OH is 1. The summed E-state index contributed by atoms with van der Waals surface area (Å²) in [5.41, 5.74) is 1.30. The van der Waals surface area contributed by atoms with Crippen LogP contribution in [-0.4, -0.2) is 32.9 Å². The molecule has 0 radical (unpaired) electrons.